The van der Waals surface area contributed by atoms with Gasteiger partial charge in [0.05, 0.1) is 0 Å². The average molecular weight is 138 g/mol. The highest BCUT2D eigenvalue weighted by molar-refractivity contribution is 5.22. The van der Waals surface area contributed by atoms with Crippen molar-refractivity contribution < 1.29 is 0 Å². The second-order valence-corrected chi connectivity index (χ2v) is 2.92. The molecule has 0 saturated carbocycles. The molecule has 0 aromatic heterocycles. The van der Waals surface area contributed by atoms with Crippen molar-refractivity contribution >= 4 is 0 Å². The molecular formula is C8H12NO-. The fourth-order valence-corrected chi connectivity index (χ4v) is 0.965. The second-order valence-electron chi connectivity index (χ2n) is 2.92. The second kappa shape index (κ2) is 2.56. The van der Waals surface area contributed by atoms with Crippen LogP contribution in [-0.2, 0) is 0 Å². The largest absolute Gasteiger partial charge is 0.787 e. The highest BCUT2D eigenvalue weighted by Gasteiger charge is 2.23. The van der Waals surface area contributed by atoms with Gasteiger partial charge in [-0.3, -0.25) is 0 Å². The van der Waals surface area contributed by atoms with Crippen molar-refractivity contribution in [1.82, 2.24) is 5.48 Å². The van der Waals surface area contributed by atoms with Crippen molar-refractivity contribution in [2.24, 2.45) is 5.92 Å². The summed E-state index contributed by atoms with van der Waals surface area (Å²) in [5.41, 5.74) is 1.65. The van der Waals surface area contributed by atoms with Gasteiger partial charge in [0.1, 0.15) is 0 Å². The molecule has 0 aliphatic heterocycles. The van der Waals surface area contributed by atoms with E-state index in [1.165, 1.54) is 0 Å². The molecule has 0 amide bonds. The van der Waals surface area contributed by atoms with E-state index >= 15 is 0 Å². The molecule has 0 aromatic rings. The van der Waals surface area contributed by atoms with Gasteiger partial charge in [-0.25, -0.2) is 0 Å². The Morgan fingerprint density at radius 2 is 2.20 bits per heavy atom. The van der Waals surface area contributed by atoms with Crippen molar-refractivity contribution in [2.45, 2.75) is 19.4 Å². The lowest BCUT2D eigenvalue weighted by molar-refractivity contribution is 0.396. The van der Waals surface area contributed by atoms with Crippen LogP contribution in [0, 0.1) is 11.1 Å². The summed E-state index contributed by atoms with van der Waals surface area (Å²) in [4.78, 5) is 0. The fourth-order valence-electron chi connectivity index (χ4n) is 0.965. The van der Waals surface area contributed by atoms with E-state index in [2.05, 4.69) is 0 Å². The normalized spacial score (nSPS) is 38.5. The summed E-state index contributed by atoms with van der Waals surface area (Å²) in [6.45, 7) is 3.91. The molecule has 0 fully saturated rings. The van der Waals surface area contributed by atoms with Crippen molar-refractivity contribution in [1.29, 1.82) is 0 Å². The van der Waals surface area contributed by atoms with Gasteiger partial charge >= 0.3 is 0 Å². The number of hydrogen-bond acceptors (Lipinski definition) is 2. The van der Waals surface area contributed by atoms with Crippen LogP contribution in [0.25, 0.3) is 0 Å². The molecule has 1 N–H and O–H groups in total. The van der Waals surface area contributed by atoms with Gasteiger partial charge in [-0.15, -0.1) is 0 Å². The standard InChI is InChI=1S/C8H12NO/c1-7-5-3-4-6-8(7,2)9-10/h3-7,9H,1-2H3/q-1. The van der Waals surface area contributed by atoms with E-state index in [1.54, 1.807) is 0 Å². The summed E-state index contributed by atoms with van der Waals surface area (Å²) < 4.78 is 0. The van der Waals surface area contributed by atoms with Crippen molar-refractivity contribution in [3.05, 3.63) is 29.5 Å². The first-order chi connectivity index (χ1) is 4.69. The molecule has 1 aliphatic rings. The molecule has 10 heavy (non-hydrogen) atoms. The Bertz CT molecular complexity index is 174. The maximum absolute atomic E-state index is 10.5. The molecule has 0 heterocycles. The third-order valence-corrected chi connectivity index (χ3v) is 2.12. The van der Waals surface area contributed by atoms with Gasteiger partial charge in [0.2, 0.25) is 0 Å². The van der Waals surface area contributed by atoms with Gasteiger partial charge in [0, 0.05) is 5.54 Å². The van der Waals surface area contributed by atoms with Gasteiger partial charge in [-0.05, 0) is 12.8 Å². The summed E-state index contributed by atoms with van der Waals surface area (Å²) >= 11 is 0. The van der Waals surface area contributed by atoms with Gasteiger partial charge in [-0.1, -0.05) is 31.2 Å². The highest BCUT2D eigenvalue weighted by Crippen LogP contribution is 2.22. The van der Waals surface area contributed by atoms with Crippen LogP contribution in [0.5, 0.6) is 0 Å². The van der Waals surface area contributed by atoms with E-state index in [-0.39, 0.29) is 5.92 Å². The van der Waals surface area contributed by atoms with E-state index in [0.29, 0.717) is 0 Å². The third-order valence-electron chi connectivity index (χ3n) is 2.12. The highest BCUT2D eigenvalue weighted by atomic mass is 16.5. The van der Waals surface area contributed by atoms with E-state index < -0.39 is 5.54 Å². The minimum atomic E-state index is -0.394. The molecule has 0 aromatic carbocycles. The predicted molar refractivity (Wildman–Crippen MR) is 42.4 cm³/mol. The lowest BCUT2D eigenvalue weighted by Crippen LogP contribution is -2.42. The molecule has 56 valence electrons. The topological polar surface area (TPSA) is 35.1 Å². The molecule has 2 heteroatoms. The molecule has 1 aliphatic carbocycles. The minimum absolute atomic E-state index is 0.273. The number of rotatable bonds is 1. The molecule has 0 radical (unpaired) electrons. The molecule has 2 unspecified atom stereocenters. The van der Waals surface area contributed by atoms with Crippen LogP contribution < -0.4 is 5.48 Å². The van der Waals surface area contributed by atoms with Crippen LogP contribution in [-0.4, -0.2) is 5.54 Å². The van der Waals surface area contributed by atoms with Crippen molar-refractivity contribution in [2.75, 3.05) is 0 Å². The summed E-state index contributed by atoms with van der Waals surface area (Å²) in [7, 11) is 0. The Morgan fingerprint density at radius 1 is 1.50 bits per heavy atom. The maximum atomic E-state index is 10.5. The van der Waals surface area contributed by atoms with Crippen LogP contribution >= 0.6 is 0 Å². The van der Waals surface area contributed by atoms with E-state index in [4.69, 9.17) is 0 Å². The SMILES string of the molecule is CC1C=CC=CC1(C)N[O-]. The summed E-state index contributed by atoms with van der Waals surface area (Å²) in [6, 6.07) is 0. The molecule has 2 atom stereocenters. The summed E-state index contributed by atoms with van der Waals surface area (Å²) in [6.07, 6.45) is 7.77. The molecule has 0 spiro atoms. The predicted octanol–water partition coefficient (Wildman–Crippen LogP) is 1.59. The van der Waals surface area contributed by atoms with Crippen molar-refractivity contribution in [3.8, 4) is 0 Å². The van der Waals surface area contributed by atoms with Gasteiger partial charge in [0.25, 0.3) is 0 Å². The Morgan fingerprint density at radius 3 is 2.60 bits per heavy atom. The molecule has 1 rings (SSSR count). The maximum Gasteiger partial charge on any atom is 0.0286 e. The van der Waals surface area contributed by atoms with Crippen LogP contribution in [0.2, 0.25) is 0 Å². The van der Waals surface area contributed by atoms with E-state index in [0.717, 1.165) is 0 Å². The zero-order valence-corrected chi connectivity index (χ0v) is 6.29. The number of allylic oxidation sites excluding steroid dienone is 2. The smallest absolute Gasteiger partial charge is 0.0286 e. The number of hydrogen-bond donors (Lipinski definition) is 1. The first kappa shape index (κ1) is 7.51. The lowest BCUT2D eigenvalue weighted by Gasteiger charge is -2.37. The molecule has 0 bridgehead atoms. The quantitative estimate of drug-likeness (QED) is 0.558. The van der Waals surface area contributed by atoms with Crippen molar-refractivity contribution in [3.63, 3.8) is 0 Å². The molecular weight excluding hydrogens is 126 g/mol. The zero-order chi connectivity index (χ0) is 7.61. The van der Waals surface area contributed by atoms with E-state index in [1.807, 2.05) is 43.6 Å². The van der Waals surface area contributed by atoms with Gasteiger partial charge in [0.15, 0.2) is 0 Å². The molecule has 0 saturated heterocycles. The fraction of sp³-hybridized carbons (Fsp3) is 0.500. The summed E-state index contributed by atoms with van der Waals surface area (Å²) in [5.74, 6) is 0.273. The Kier molecular flexibility index (Phi) is 1.92. The molecule has 2 nitrogen and oxygen atoms in total. The van der Waals surface area contributed by atoms with Crippen LogP contribution in [0.15, 0.2) is 24.3 Å². The third kappa shape index (κ3) is 1.13. The van der Waals surface area contributed by atoms with Gasteiger partial charge < -0.3 is 10.7 Å². The number of hydroxylamine groups is 1. The summed E-state index contributed by atoms with van der Waals surface area (Å²) in [5, 5.41) is 10.5. The monoisotopic (exact) mass is 138 g/mol. The average Bonchev–Trinajstić information content (AvgIpc) is 1.96. The zero-order valence-electron chi connectivity index (χ0n) is 6.29. The van der Waals surface area contributed by atoms with Gasteiger partial charge in [-0.2, -0.15) is 0 Å². The first-order valence-electron chi connectivity index (χ1n) is 3.44. The minimum Gasteiger partial charge on any atom is -0.787 e. The Balaban J connectivity index is 2.77. The van der Waals surface area contributed by atoms with Crippen LogP contribution in [0.4, 0.5) is 0 Å². The Labute approximate surface area is 61.2 Å². The van der Waals surface area contributed by atoms with E-state index in [9.17, 15) is 5.21 Å². The van der Waals surface area contributed by atoms with Crippen LogP contribution in [0.1, 0.15) is 13.8 Å². The van der Waals surface area contributed by atoms with Crippen LogP contribution in [0.3, 0.4) is 0 Å². The lowest BCUT2D eigenvalue weighted by atomic mass is 9.84. The number of nitrogens with one attached hydrogen (secondary N) is 1. The first-order valence-corrected chi connectivity index (χ1v) is 3.44. The Hall–Kier alpha value is -0.600.